The van der Waals surface area contributed by atoms with E-state index in [1.165, 1.54) is 0 Å². The SMILES string of the molecule is CN(C(C)(C)C(F)(F)F)S(=O)(=O)CC1(N)CCCCC1. The fourth-order valence-electron chi connectivity index (χ4n) is 2.39. The highest BCUT2D eigenvalue weighted by atomic mass is 32.2. The van der Waals surface area contributed by atoms with E-state index in [9.17, 15) is 21.6 Å². The van der Waals surface area contributed by atoms with Crippen molar-refractivity contribution < 1.29 is 21.6 Å². The third-order valence-corrected chi connectivity index (χ3v) is 6.45. The molecule has 0 atom stereocenters. The summed E-state index contributed by atoms with van der Waals surface area (Å²) in [7, 11) is -3.10. The molecule has 0 saturated heterocycles. The number of nitrogens with zero attached hydrogens (tertiary/aromatic N) is 1. The quantitative estimate of drug-likeness (QED) is 0.865. The smallest absolute Gasteiger partial charge is 0.324 e. The molecule has 0 heterocycles. The molecule has 0 aliphatic heterocycles. The molecule has 0 unspecified atom stereocenters. The van der Waals surface area contributed by atoms with Crippen molar-refractivity contribution in [1.29, 1.82) is 0 Å². The van der Waals surface area contributed by atoms with Gasteiger partial charge < -0.3 is 5.73 Å². The molecular weight excluding hydrogens is 293 g/mol. The highest BCUT2D eigenvalue weighted by molar-refractivity contribution is 7.89. The van der Waals surface area contributed by atoms with Gasteiger partial charge in [0.05, 0.1) is 5.75 Å². The van der Waals surface area contributed by atoms with Crippen molar-refractivity contribution in [2.45, 2.75) is 63.2 Å². The van der Waals surface area contributed by atoms with Crippen LogP contribution < -0.4 is 5.73 Å². The second-order valence-corrected chi connectivity index (χ2v) is 8.20. The Morgan fingerprint density at radius 3 is 2.00 bits per heavy atom. The second-order valence-electron chi connectivity index (χ2n) is 6.20. The van der Waals surface area contributed by atoms with Gasteiger partial charge >= 0.3 is 6.18 Å². The van der Waals surface area contributed by atoms with Crippen molar-refractivity contribution in [1.82, 2.24) is 4.31 Å². The van der Waals surface area contributed by atoms with E-state index in [0.717, 1.165) is 40.2 Å². The molecular formula is C12H23F3N2O2S. The summed E-state index contributed by atoms with van der Waals surface area (Å²) in [6.45, 7) is 1.71. The molecule has 8 heteroatoms. The van der Waals surface area contributed by atoms with Crippen LogP contribution in [-0.2, 0) is 10.0 Å². The van der Waals surface area contributed by atoms with Crippen LogP contribution in [-0.4, -0.2) is 42.8 Å². The Hall–Kier alpha value is -0.340. The van der Waals surface area contributed by atoms with Crippen LogP contribution in [0.25, 0.3) is 0 Å². The first-order chi connectivity index (χ1) is 8.82. The van der Waals surface area contributed by atoms with Crippen LogP contribution >= 0.6 is 0 Å². The standard InChI is InChI=1S/C12H23F3N2O2S/c1-10(2,12(13,14)15)17(3)20(18,19)9-11(16)7-5-4-6-8-11/h4-9,16H2,1-3H3. The summed E-state index contributed by atoms with van der Waals surface area (Å²) >= 11 is 0. The number of sulfonamides is 1. The fourth-order valence-corrected chi connectivity index (χ4v) is 4.39. The van der Waals surface area contributed by atoms with Gasteiger partial charge in [-0.05, 0) is 26.7 Å². The summed E-state index contributed by atoms with van der Waals surface area (Å²) < 4.78 is 63.7. The second kappa shape index (κ2) is 5.46. The van der Waals surface area contributed by atoms with Gasteiger partial charge in [-0.25, -0.2) is 8.42 Å². The Morgan fingerprint density at radius 1 is 1.15 bits per heavy atom. The Labute approximate surface area is 118 Å². The first-order valence-corrected chi connectivity index (χ1v) is 8.25. The molecule has 1 rings (SSSR count). The Bertz CT molecular complexity index is 440. The fraction of sp³-hybridized carbons (Fsp3) is 1.00. The maximum absolute atomic E-state index is 13.0. The molecule has 1 fully saturated rings. The van der Waals surface area contributed by atoms with Crippen molar-refractivity contribution in [3.05, 3.63) is 0 Å². The van der Waals surface area contributed by atoms with Gasteiger partial charge in [0.2, 0.25) is 10.0 Å². The number of halogens is 3. The minimum absolute atomic E-state index is 0.406. The van der Waals surface area contributed by atoms with Gasteiger partial charge in [0.1, 0.15) is 5.54 Å². The number of hydrogen-bond acceptors (Lipinski definition) is 3. The first-order valence-electron chi connectivity index (χ1n) is 6.64. The van der Waals surface area contributed by atoms with Crippen LogP contribution in [0.3, 0.4) is 0 Å². The van der Waals surface area contributed by atoms with E-state index in [1.54, 1.807) is 0 Å². The van der Waals surface area contributed by atoms with E-state index < -0.39 is 33.0 Å². The predicted octanol–water partition coefficient (Wildman–Crippen LogP) is 2.25. The molecule has 0 aromatic heterocycles. The molecule has 0 aromatic carbocycles. The molecule has 1 aliphatic rings. The zero-order valence-corrected chi connectivity index (χ0v) is 12.9. The lowest BCUT2D eigenvalue weighted by molar-refractivity contribution is -0.202. The van der Waals surface area contributed by atoms with Gasteiger partial charge in [0.15, 0.2) is 0 Å². The maximum atomic E-state index is 13.0. The molecule has 2 N–H and O–H groups in total. The molecule has 0 bridgehead atoms. The molecule has 20 heavy (non-hydrogen) atoms. The van der Waals surface area contributed by atoms with Gasteiger partial charge in [0, 0.05) is 12.6 Å². The van der Waals surface area contributed by atoms with Gasteiger partial charge in [0.25, 0.3) is 0 Å². The monoisotopic (exact) mass is 316 g/mol. The Balaban J connectivity index is 2.93. The number of alkyl halides is 3. The first kappa shape index (κ1) is 17.7. The summed E-state index contributed by atoms with van der Waals surface area (Å²) in [5.41, 5.74) is 2.69. The molecule has 0 amide bonds. The van der Waals surface area contributed by atoms with Crippen LogP contribution in [0.2, 0.25) is 0 Å². The topological polar surface area (TPSA) is 63.4 Å². The van der Waals surface area contributed by atoms with Crippen molar-refractivity contribution in [3.63, 3.8) is 0 Å². The van der Waals surface area contributed by atoms with Crippen molar-refractivity contribution in [2.75, 3.05) is 12.8 Å². The van der Waals surface area contributed by atoms with Crippen LogP contribution in [0, 0.1) is 0 Å². The third-order valence-electron chi connectivity index (χ3n) is 4.22. The average molecular weight is 316 g/mol. The van der Waals surface area contributed by atoms with Crippen molar-refractivity contribution >= 4 is 10.0 Å². The lowest BCUT2D eigenvalue weighted by Gasteiger charge is -2.39. The summed E-state index contributed by atoms with van der Waals surface area (Å²) in [5, 5.41) is 0. The molecule has 1 aliphatic carbocycles. The lowest BCUT2D eigenvalue weighted by Crippen LogP contribution is -2.58. The van der Waals surface area contributed by atoms with Crippen molar-refractivity contribution in [3.8, 4) is 0 Å². The molecule has 0 spiro atoms. The maximum Gasteiger partial charge on any atom is 0.407 e. The average Bonchev–Trinajstić information content (AvgIpc) is 2.25. The minimum Gasteiger partial charge on any atom is -0.324 e. The van der Waals surface area contributed by atoms with Crippen LogP contribution in [0.1, 0.15) is 46.0 Å². The molecule has 1 saturated carbocycles. The van der Waals surface area contributed by atoms with Gasteiger partial charge in [-0.3, -0.25) is 0 Å². The van der Waals surface area contributed by atoms with E-state index in [4.69, 9.17) is 5.73 Å². The van der Waals surface area contributed by atoms with Crippen LogP contribution in [0.15, 0.2) is 0 Å². The number of rotatable bonds is 4. The van der Waals surface area contributed by atoms with Gasteiger partial charge in [-0.2, -0.15) is 17.5 Å². The number of nitrogens with two attached hydrogens (primary N) is 1. The van der Waals surface area contributed by atoms with E-state index in [0.29, 0.717) is 17.1 Å². The minimum atomic E-state index is -4.64. The van der Waals surface area contributed by atoms with Crippen molar-refractivity contribution in [2.24, 2.45) is 5.73 Å². The molecule has 0 aromatic rings. The summed E-state index contributed by atoms with van der Waals surface area (Å²) in [4.78, 5) is 0. The normalized spacial score (nSPS) is 21.2. The van der Waals surface area contributed by atoms with E-state index >= 15 is 0 Å². The van der Waals surface area contributed by atoms with E-state index in [-0.39, 0.29) is 0 Å². The largest absolute Gasteiger partial charge is 0.407 e. The molecule has 4 nitrogen and oxygen atoms in total. The third kappa shape index (κ3) is 3.65. The van der Waals surface area contributed by atoms with Gasteiger partial charge in [-0.1, -0.05) is 19.3 Å². The van der Waals surface area contributed by atoms with Crippen LogP contribution in [0.5, 0.6) is 0 Å². The number of hydrogen-bond donors (Lipinski definition) is 1. The van der Waals surface area contributed by atoms with Gasteiger partial charge in [-0.15, -0.1) is 0 Å². The summed E-state index contributed by atoms with van der Waals surface area (Å²) in [6.07, 6.45) is -0.943. The van der Waals surface area contributed by atoms with E-state index in [2.05, 4.69) is 0 Å². The predicted molar refractivity (Wildman–Crippen MR) is 71.7 cm³/mol. The zero-order valence-electron chi connectivity index (χ0n) is 12.1. The highest BCUT2D eigenvalue weighted by Gasteiger charge is 2.54. The lowest BCUT2D eigenvalue weighted by atomic mass is 9.84. The summed E-state index contributed by atoms with van der Waals surface area (Å²) in [6, 6.07) is 0. The molecule has 0 radical (unpaired) electrons. The van der Waals surface area contributed by atoms with Crippen LogP contribution in [0.4, 0.5) is 13.2 Å². The Morgan fingerprint density at radius 2 is 1.60 bits per heavy atom. The molecule has 120 valence electrons. The zero-order chi connectivity index (χ0) is 15.8. The Kier molecular flexibility index (Phi) is 4.83. The van der Waals surface area contributed by atoms with E-state index in [1.807, 2.05) is 0 Å². The highest BCUT2D eigenvalue weighted by Crippen LogP contribution is 2.37. The summed E-state index contributed by atoms with van der Waals surface area (Å²) in [5.74, 6) is -0.435.